The van der Waals surface area contributed by atoms with E-state index in [9.17, 15) is 4.79 Å². The van der Waals surface area contributed by atoms with Gasteiger partial charge in [-0.1, -0.05) is 76.6 Å². The maximum atomic E-state index is 12.4. The lowest BCUT2D eigenvalue weighted by atomic mass is 9.92. The number of benzene rings is 2. The number of carbonyl (C=O) groups is 1. The minimum absolute atomic E-state index is 0.0734. The molecule has 2 aromatic carbocycles. The van der Waals surface area contributed by atoms with Gasteiger partial charge in [-0.25, -0.2) is 0 Å². The van der Waals surface area contributed by atoms with Crippen LogP contribution in [0.3, 0.4) is 0 Å². The second kappa shape index (κ2) is 4.84. The van der Waals surface area contributed by atoms with E-state index in [4.69, 9.17) is 0 Å². The minimum Gasteiger partial charge on any atom is -0.292 e. The van der Waals surface area contributed by atoms with E-state index in [0.29, 0.717) is 0 Å². The zero-order chi connectivity index (χ0) is 12.3. The fourth-order valence-corrected chi connectivity index (χ4v) is 2.24. The predicted octanol–water partition coefficient (Wildman–Crippen LogP) is 4.18. The Labute approximate surface area is 110 Å². The van der Waals surface area contributed by atoms with Gasteiger partial charge in [0.1, 0.15) is 4.32 Å². The molecule has 0 radical (unpaired) electrons. The Hall–Kier alpha value is -1.41. The molecule has 0 N–H and O–H groups in total. The SMILES string of the molecule is CC(Br)(C(=O)c1ccccc1)c1ccccc1. The Kier molecular flexibility index (Phi) is 3.43. The van der Waals surface area contributed by atoms with Gasteiger partial charge in [0, 0.05) is 5.56 Å². The highest BCUT2D eigenvalue weighted by molar-refractivity contribution is 9.10. The fraction of sp³-hybridized carbons (Fsp3) is 0.133. The monoisotopic (exact) mass is 288 g/mol. The molecule has 0 heterocycles. The van der Waals surface area contributed by atoms with Gasteiger partial charge in [-0.3, -0.25) is 4.79 Å². The summed E-state index contributed by atoms with van der Waals surface area (Å²) in [5.74, 6) is 0.0734. The highest BCUT2D eigenvalue weighted by Gasteiger charge is 2.32. The van der Waals surface area contributed by atoms with Crippen LogP contribution in [0.1, 0.15) is 22.8 Å². The molecule has 0 bridgehead atoms. The molecule has 1 unspecified atom stereocenters. The molecule has 2 heteroatoms. The number of carbonyl (C=O) groups excluding carboxylic acids is 1. The summed E-state index contributed by atoms with van der Waals surface area (Å²) in [6.45, 7) is 1.89. The molecule has 86 valence electrons. The lowest BCUT2D eigenvalue weighted by Gasteiger charge is -2.21. The molecule has 0 saturated carbocycles. The number of hydrogen-bond donors (Lipinski definition) is 0. The third kappa shape index (κ3) is 2.47. The molecule has 0 aliphatic heterocycles. The van der Waals surface area contributed by atoms with Gasteiger partial charge in [0.2, 0.25) is 0 Å². The first kappa shape index (κ1) is 12.1. The number of ketones is 1. The maximum absolute atomic E-state index is 12.4. The Balaban J connectivity index is 2.37. The smallest absolute Gasteiger partial charge is 0.183 e. The van der Waals surface area contributed by atoms with E-state index in [1.54, 1.807) is 0 Å². The van der Waals surface area contributed by atoms with Gasteiger partial charge in [0.15, 0.2) is 5.78 Å². The first-order valence-corrected chi connectivity index (χ1v) is 6.26. The summed E-state index contributed by atoms with van der Waals surface area (Å²) >= 11 is 3.54. The number of halogens is 1. The zero-order valence-corrected chi connectivity index (χ0v) is 11.1. The van der Waals surface area contributed by atoms with Gasteiger partial charge in [-0.2, -0.15) is 0 Å². The number of Topliss-reactive ketones (excluding diaryl/α,β-unsaturated/α-hetero) is 1. The van der Waals surface area contributed by atoms with Crippen LogP contribution in [0.4, 0.5) is 0 Å². The average Bonchev–Trinajstić information content (AvgIpc) is 2.40. The Bertz CT molecular complexity index is 503. The molecule has 0 amide bonds. The first-order valence-electron chi connectivity index (χ1n) is 5.46. The Morgan fingerprint density at radius 2 is 1.41 bits per heavy atom. The van der Waals surface area contributed by atoms with Crippen LogP contribution in [0, 0.1) is 0 Å². The van der Waals surface area contributed by atoms with Crippen LogP contribution in [0.25, 0.3) is 0 Å². The van der Waals surface area contributed by atoms with Crippen molar-refractivity contribution in [2.75, 3.05) is 0 Å². The van der Waals surface area contributed by atoms with Gasteiger partial charge in [0.05, 0.1) is 0 Å². The summed E-state index contributed by atoms with van der Waals surface area (Å²) in [6, 6.07) is 19.1. The lowest BCUT2D eigenvalue weighted by molar-refractivity contribution is 0.0953. The summed E-state index contributed by atoms with van der Waals surface area (Å²) in [7, 11) is 0. The van der Waals surface area contributed by atoms with E-state index in [1.165, 1.54) is 0 Å². The molecule has 0 aliphatic carbocycles. The Morgan fingerprint density at radius 1 is 0.941 bits per heavy atom. The second-order valence-corrected chi connectivity index (χ2v) is 5.65. The van der Waals surface area contributed by atoms with E-state index in [2.05, 4.69) is 15.9 Å². The van der Waals surface area contributed by atoms with E-state index in [1.807, 2.05) is 67.6 Å². The molecule has 17 heavy (non-hydrogen) atoms. The molecule has 2 aromatic rings. The Morgan fingerprint density at radius 3 is 1.94 bits per heavy atom. The van der Waals surface area contributed by atoms with Crippen molar-refractivity contribution < 1.29 is 4.79 Å². The minimum atomic E-state index is -0.671. The van der Waals surface area contributed by atoms with Crippen molar-refractivity contribution in [1.82, 2.24) is 0 Å². The molecular weight excluding hydrogens is 276 g/mol. The fourth-order valence-electron chi connectivity index (χ4n) is 1.74. The molecule has 0 saturated heterocycles. The van der Waals surface area contributed by atoms with Gasteiger partial charge >= 0.3 is 0 Å². The van der Waals surface area contributed by atoms with Crippen molar-refractivity contribution in [3.8, 4) is 0 Å². The molecular formula is C15H13BrO. The average molecular weight is 289 g/mol. The van der Waals surface area contributed by atoms with E-state index < -0.39 is 4.32 Å². The summed E-state index contributed by atoms with van der Waals surface area (Å²) in [5, 5.41) is 0. The van der Waals surface area contributed by atoms with E-state index in [0.717, 1.165) is 11.1 Å². The molecule has 0 fully saturated rings. The summed E-state index contributed by atoms with van der Waals surface area (Å²) in [6.07, 6.45) is 0. The van der Waals surface area contributed by atoms with Crippen molar-refractivity contribution in [2.45, 2.75) is 11.2 Å². The third-order valence-electron chi connectivity index (χ3n) is 2.78. The molecule has 0 aliphatic rings. The number of hydrogen-bond acceptors (Lipinski definition) is 1. The largest absolute Gasteiger partial charge is 0.292 e. The van der Waals surface area contributed by atoms with Crippen molar-refractivity contribution in [3.63, 3.8) is 0 Å². The van der Waals surface area contributed by atoms with Crippen LogP contribution in [-0.2, 0) is 4.32 Å². The number of rotatable bonds is 3. The van der Waals surface area contributed by atoms with Crippen LogP contribution in [0.2, 0.25) is 0 Å². The van der Waals surface area contributed by atoms with Crippen molar-refractivity contribution in [1.29, 1.82) is 0 Å². The summed E-state index contributed by atoms with van der Waals surface area (Å²) < 4.78 is -0.671. The van der Waals surface area contributed by atoms with Crippen LogP contribution in [-0.4, -0.2) is 5.78 Å². The topological polar surface area (TPSA) is 17.1 Å². The second-order valence-electron chi connectivity index (χ2n) is 4.06. The normalized spacial score (nSPS) is 14.0. The van der Waals surface area contributed by atoms with Gasteiger partial charge in [-0.05, 0) is 12.5 Å². The van der Waals surface area contributed by atoms with Crippen LogP contribution in [0.5, 0.6) is 0 Å². The van der Waals surface area contributed by atoms with Gasteiger partial charge in [-0.15, -0.1) is 0 Å². The maximum Gasteiger partial charge on any atom is 0.183 e. The third-order valence-corrected chi connectivity index (χ3v) is 3.60. The first-order chi connectivity index (χ1) is 8.12. The summed E-state index contributed by atoms with van der Waals surface area (Å²) in [4.78, 5) is 12.4. The van der Waals surface area contributed by atoms with Crippen molar-refractivity contribution in [2.24, 2.45) is 0 Å². The van der Waals surface area contributed by atoms with Crippen molar-refractivity contribution >= 4 is 21.7 Å². The van der Waals surface area contributed by atoms with E-state index in [-0.39, 0.29) is 5.78 Å². The van der Waals surface area contributed by atoms with Crippen molar-refractivity contribution in [3.05, 3.63) is 71.8 Å². The number of alkyl halides is 1. The van der Waals surface area contributed by atoms with Gasteiger partial charge in [0.25, 0.3) is 0 Å². The lowest BCUT2D eigenvalue weighted by Crippen LogP contribution is -2.25. The van der Waals surface area contributed by atoms with Gasteiger partial charge < -0.3 is 0 Å². The zero-order valence-electron chi connectivity index (χ0n) is 9.56. The molecule has 1 nitrogen and oxygen atoms in total. The molecule has 1 atom stereocenters. The predicted molar refractivity (Wildman–Crippen MR) is 73.5 cm³/mol. The molecule has 2 rings (SSSR count). The highest BCUT2D eigenvalue weighted by atomic mass is 79.9. The van der Waals surface area contributed by atoms with Crippen LogP contribution < -0.4 is 0 Å². The van der Waals surface area contributed by atoms with Crippen LogP contribution in [0.15, 0.2) is 60.7 Å². The standard InChI is InChI=1S/C15H13BrO/c1-15(16,13-10-6-3-7-11-13)14(17)12-8-4-2-5-9-12/h2-11H,1H3. The highest BCUT2D eigenvalue weighted by Crippen LogP contribution is 2.34. The van der Waals surface area contributed by atoms with E-state index >= 15 is 0 Å². The molecule has 0 aromatic heterocycles. The molecule has 0 spiro atoms. The summed E-state index contributed by atoms with van der Waals surface area (Å²) in [5.41, 5.74) is 1.68. The van der Waals surface area contributed by atoms with Crippen LogP contribution >= 0.6 is 15.9 Å². The quantitative estimate of drug-likeness (QED) is 0.612.